The maximum Gasteiger partial charge on any atom is 0.418 e. The number of carbonyl (C=O) groups excluding carboxylic acids is 1. The fraction of sp³-hybridized carbons (Fsp3) is 0.417. The van der Waals surface area contributed by atoms with Crippen molar-refractivity contribution in [3.05, 3.63) is 29.3 Å². The van der Waals surface area contributed by atoms with Gasteiger partial charge in [0.15, 0.2) is 0 Å². The van der Waals surface area contributed by atoms with Gasteiger partial charge in [0.05, 0.1) is 17.3 Å². The molecule has 0 radical (unpaired) electrons. The number of hydrogen-bond acceptors (Lipinski definition) is 1. The average molecular weight is 258 g/mol. The number of amides is 2. The highest BCUT2D eigenvalue weighted by Gasteiger charge is 2.37. The van der Waals surface area contributed by atoms with Gasteiger partial charge in [-0.2, -0.15) is 13.2 Å². The number of carbonyl (C=O) groups is 1. The number of alkyl halides is 3. The fourth-order valence-corrected chi connectivity index (χ4v) is 2.14. The highest BCUT2D eigenvalue weighted by Crippen LogP contribution is 2.40. The number of para-hydroxylation sites is 1. The van der Waals surface area contributed by atoms with Crippen LogP contribution in [0.15, 0.2) is 18.2 Å². The van der Waals surface area contributed by atoms with Gasteiger partial charge < -0.3 is 10.6 Å². The quantitative estimate of drug-likeness (QED) is 0.834. The summed E-state index contributed by atoms with van der Waals surface area (Å²) in [6.07, 6.45) is -3.07. The lowest BCUT2D eigenvalue weighted by Crippen LogP contribution is -2.38. The third-order valence-electron chi connectivity index (χ3n) is 2.90. The van der Waals surface area contributed by atoms with Gasteiger partial charge >= 0.3 is 12.2 Å². The summed E-state index contributed by atoms with van der Waals surface area (Å²) in [5.41, 5.74) is -0.422. The Morgan fingerprint density at radius 3 is 2.67 bits per heavy atom. The van der Waals surface area contributed by atoms with Gasteiger partial charge in [0, 0.05) is 0 Å². The van der Waals surface area contributed by atoms with E-state index < -0.39 is 17.8 Å². The second kappa shape index (κ2) is 4.51. The third kappa shape index (κ3) is 2.27. The lowest BCUT2D eigenvalue weighted by atomic mass is 9.95. The summed E-state index contributed by atoms with van der Waals surface area (Å²) in [6, 6.07) is 3.01. The summed E-state index contributed by atoms with van der Waals surface area (Å²) in [5, 5.41) is 4.89. The molecule has 1 aromatic carbocycles. The Kier molecular flexibility index (Phi) is 3.19. The summed E-state index contributed by atoms with van der Waals surface area (Å²) in [6.45, 7) is 1.92. The second-order valence-electron chi connectivity index (χ2n) is 4.21. The number of urea groups is 1. The van der Waals surface area contributed by atoms with Gasteiger partial charge in [-0.15, -0.1) is 0 Å². The van der Waals surface area contributed by atoms with Gasteiger partial charge in [-0.05, 0) is 18.1 Å². The van der Waals surface area contributed by atoms with E-state index in [2.05, 4.69) is 10.6 Å². The smallest absolute Gasteiger partial charge is 0.331 e. The van der Waals surface area contributed by atoms with Crippen molar-refractivity contribution in [3.8, 4) is 0 Å². The first-order chi connectivity index (χ1) is 8.43. The Balaban J connectivity index is 2.51. The summed E-state index contributed by atoms with van der Waals surface area (Å²) in [4.78, 5) is 11.4. The number of nitrogens with one attached hydrogen (secondary N) is 2. The van der Waals surface area contributed by atoms with Gasteiger partial charge in [0.2, 0.25) is 0 Å². The minimum absolute atomic E-state index is 0.118. The van der Waals surface area contributed by atoms with Gasteiger partial charge in [-0.1, -0.05) is 25.5 Å². The van der Waals surface area contributed by atoms with Crippen molar-refractivity contribution in [2.45, 2.75) is 32.0 Å². The SMILES string of the molecule is CCCC1NC(=O)Nc2c1cccc2C(F)(F)F. The van der Waals surface area contributed by atoms with Crippen LogP contribution in [-0.2, 0) is 6.18 Å². The molecule has 1 aromatic rings. The minimum atomic E-state index is -4.47. The van der Waals surface area contributed by atoms with Crippen LogP contribution in [0.3, 0.4) is 0 Å². The maximum absolute atomic E-state index is 12.8. The van der Waals surface area contributed by atoms with E-state index in [-0.39, 0.29) is 11.7 Å². The molecule has 2 amide bonds. The van der Waals surface area contributed by atoms with E-state index in [1.54, 1.807) is 6.07 Å². The predicted octanol–water partition coefficient (Wildman–Crippen LogP) is 3.68. The van der Waals surface area contributed by atoms with Gasteiger partial charge in [0.1, 0.15) is 0 Å². The van der Waals surface area contributed by atoms with Crippen molar-refractivity contribution < 1.29 is 18.0 Å². The number of benzene rings is 1. The van der Waals surface area contributed by atoms with E-state index in [4.69, 9.17) is 0 Å². The summed E-state index contributed by atoms with van der Waals surface area (Å²) in [7, 11) is 0. The summed E-state index contributed by atoms with van der Waals surface area (Å²) in [5.74, 6) is 0. The molecular formula is C12H13F3N2O. The van der Waals surface area contributed by atoms with E-state index in [1.165, 1.54) is 6.07 Å². The maximum atomic E-state index is 12.8. The first-order valence-corrected chi connectivity index (χ1v) is 5.71. The van der Waals surface area contributed by atoms with Crippen LogP contribution in [0.1, 0.15) is 36.9 Å². The second-order valence-corrected chi connectivity index (χ2v) is 4.21. The van der Waals surface area contributed by atoms with Crippen molar-refractivity contribution in [2.75, 3.05) is 5.32 Å². The molecule has 1 heterocycles. The van der Waals surface area contributed by atoms with E-state index in [1.807, 2.05) is 6.92 Å². The van der Waals surface area contributed by atoms with Crippen molar-refractivity contribution in [1.29, 1.82) is 0 Å². The lowest BCUT2D eigenvalue weighted by Gasteiger charge is -2.29. The zero-order valence-corrected chi connectivity index (χ0v) is 9.77. The van der Waals surface area contributed by atoms with Gasteiger partial charge in [-0.3, -0.25) is 0 Å². The van der Waals surface area contributed by atoms with Crippen LogP contribution in [-0.4, -0.2) is 6.03 Å². The lowest BCUT2D eigenvalue weighted by molar-refractivity contribution is -0.137. The van der Waals surface area contributed by atoms with Crippen LogP contribution in [0, 0.1) is 0 Å². The molecule has 1 aliphatic rings. The van der Waals surface area contributed by atoms with Gasteiger partial charge in [0.25, 0.3) is 0 Å². The Morgan fingerprint density at radius 2 is 2.06 bits per heavy atom. The molecule has 1 aliphatic heterocycles. The predicted molar refractivity (Wildman–Crippen MR) is 61.2 cm³/mol. The standard InChI is InChI=1S/C12H13F3N2O/c1-2-4-9-7-5-3-6-8(12(13,14)15)10(7)17-11(18)16-9/h3,5-6,9H,2,4H2,1H3,(H2,16,17,18). The Bertz CT molecular complexity index is 471. The zero-order chi connectivity index (χ0) is 13.3. The number of rotatable bonds is 2. The summed E-state index contributed by atoms with van der Waals surface area (Å²) < 4.78 is 38.5. The molecule has 98 valence electrons. The largest absolute Gasteiger partial charge is 0.418 e. The molecule has 6 heteroatoms. The van der Waals surface area contributed by atoms with Crippen molar-refractivity contribution in [1.82, 2.24) is 5.32 Å². The highest BCUT2D eigenvalue weighted by atomic mass is 19.4. The minimum Gasteiger partial charge on any atom is -0.331 e. The van der Waals surface area contributed by atoms with E-state index in [0.717, 1.165) is 12.5 Å². The Morgan fingerprint density at radius 1 is 1.33 bits per heavy atom. The molecule has 0 saturated carbocycles. The zero-order valence-electron chi connectivity index (χ0n) is 9.77. The molecule has 0 aromatic heterocycles. The normalized spacial score (nSPS) is 18.9. The molecule has 18 heavy (non-hydrogen) atoms. The molecule has 1 atom stereocenters. The molecular weight excluding hydrogens is 245 g/mol. The molecule has 2 N–H and O–H groups in total. The molecule has 2 rings (SSSR count). The van der Waals surface area contributed by atoms with Crippen molar-refractivity contribution >= 4 is 11.7 Å². The first-order valence-electron chi connectivity index (χ1n) is 5.71. The van der Waals surface area contributed by atoms with Crippen molar-refractivity contribution in [2.24, 2.45) is 0 Å². The Hall–Kier alpha value is -1.72. The van der Waals surface area contributed by atoms with E-state index in [0.29, 0.717) is 12.0 Å². The molecule has 0 saturated heterocycles. The monoisotopic (exact) mass is 258 g/mol. The average Bonchev–Trinajstić information content (AvgIpc) is 2.27. The van der Waals surface area contributed by atoms with Crippen LogP contribution in [0.4, 0.5) is 23.7 Å². The van der Waals surface area contributed by atoms with Crippen molar-refractivity contribution in [3.63, 3.8) is 0 Å². The Labute approximate surface area is 102 Å². The van der Waals surface area contributed by atoms with Crippen LogP contribution >= 0.6 is 0 Å². The number of anilines is 1. The van der Waals surface area contributed by atoms with E-state index in [9.17, 15) is 18.0 Å². The highest BCUT2D eigenvalue weighted by molar-refractivity contribution is 5.94. The number of halogens is 3. The van der Waals surface area contributed by atoms with Crippen LogP contribution < -0.4 is 10.6 Å². The van der Waals surface area contributed by atoms with E-state index >= 15 is 0 Å². The topological polar surface area (TPSA) is 41.1 Å². The molecule has 1 unspecified atom stereocenters. The summed E-state index contributed by atoms with van der Waals surface area (Å²) >= 11 is 0. The molecule has 0 aliphatic carbocycles. The molecule has 0 fully saturated rings. The first kappa shape index (κ1) is 12.7. The molecule has 0 bridgehead atoms. The number of hydrogen-bond donors (Lipinski definition) is 2. The molecule has 0 spiro atoms. The van der Waals surface area contributed by atoms with Gasteiger partial charge in [-0.25, -0.2) is 4.79 Å². The third-order valence-corrected chi connectivity index (χ3v) is 2.90. The molecule has 3 nitrogen and oxygen atoms in total. The van der Waals surface area contributed by atoms with Crippen LogP contribution in [0.25, 0.3) is 0 Å². The number of fused-ring (bicyclic) bond motifs is 1. The van der Waals surface area contributed by atoms with Crippen LogP contribution in [0.5, 0.6) is 0 Å². The fourth-order valence-electron chi connectivity index (χ4n) is 2.14. The van der Waals surface area contributed by atoms with Crippen LogP contribution in [0.2, 0.25) is 0 Å².